The highest BCUT2D eigenvalue weighted by atomic mass is 32.2. The zero-order valence-corrected chi connectivity index (χ0v) is 19.3. The quantitative estimate of drug-likeness (QED) is 0.438. The molecule has 164 valence electrons. The Hall–Kier alpha value is -0.870. The number of hydrogen-bond acceptors (Lipinski definition) is 2. The normalized spacial score (nSPS) is 20.7. The van der Waals surface area contributed by atoms with Gasteiger partial charge in [0.15, 0.2) is 0 Å². The first-order valence-corrected chi connectivity index (χ1v) is 13.5. The topological polar surface area (TPSA) is 54.4 Å². The van der Waals surface area contributed by atoms with E-state index >= 15 is 0 Å². The summed E-state index contributed by atoms with van der Waals surface area (Å²) in [6.07, 6.45) is 16.0. The molecular formula is C25H40O3S. The molecule has 0 bridgehead atoms. The van der Waals surface area contributed by atoms with Gasteiger partial charge in [0.25, 0.3) is 10.1 Å². The Balaban J connectivity index is 2.15. The van der Waals surface area contributed by atoms with Crippen molar-refractivity contribution in [2.75, 3.05) is 0 Å². The SMILES string of the molecule is CCCCC(CC)c1cc(C2CCCCC2)cc(C2CCCCC2)c1S(=O)(=O)O. The molecule has 1 atom stereocenters. The largest absolute Gasteiger partial charge is 0.295 e. The maximum absolute atomic E-state index is 12.7. The van der Waals surface area contributed by atoms with Gasteiger partial charge in [0.05, 0.1) is 0 Å². The lowest BCUT2D eigenvalue weighted by Gasteiger charge is -2.30. The fraction of sp³-hybridized carbons (Fsp3) is 0.760. The van der Waals surface area contributed by atoms with Gasteiger partial charge in [0.1, 0.15) is 4.90 Å². The van der Waals surface area contributed by atoms with Gasteiger partial charge in [0.2, 0.25) is 0 Å². The Labute approximate surface area is 178 Å². The Morgan fingerprint density at radius 1 is 0.931 bits per heavy atom. The molecule has 1 unspecified atom stereocenters. The molecule has 0 heterocycles. The second-order valence-electron chi connectivity index (χ2n) is 9.42. The first-order valence-electron chi connectivity index (χ1n) is 12.1. The van der Waals surface area contributed by atoms with Gasteiger partial charge in [-0.3, -0.25) is 4.55 Å². The third kappa shape index (κ3) is 5.64. The standard InChI is InChI=1S/C25H40O3S/c1-3-5-12-19(4-2)23-17-22(20-13-8-6-9-14-20)18-24(25(23)29(26,27)28)21-15-10-7-11-16-21/h17-21H,3-16H2,1-2H3,(H,26,27,28). The van der Waals surface area contributed by atoms with Gasteiger partial charge < -0.3 is 0 Å². The predicted octanol–water partition coefficient (Wildman–Crippen LogP) is 7.71. The fourth-order valence-corrected chi connectivity index (χ4v) is 6.77. The molecule has 3 nitrogen and oxygen atoms in total. The smallest absolute Gasteiger partial charge is 0.282 e. The zero-order chi connectivity index (χ0) is 20.9. The minimum atomic E-state index is -4.24. The summed E-state index contributed by atoms with van der Waals surface area (Å²) < 4.78 is 35.6. The van der Waals surface area contributed by atoms with Gasteiger partial charge in [0, 0.05) is 0 Å². The molecule has 0 spiro atoms. The zero-order valence-electron chi connectivity index (χ0n) is 18.5. The molecule has 3 rings (SSSR count). The molecule has 1 N–H and O–H groups in total. The highest BCUT2D eigenvalue weighted by Gasteiger charge is 2.31. The van der Waals surface area contributed by atoms with E-state index in [1.165, 1.54) is 44.1 Å². The summed E-state index contributed by atoms with van der Waals surface area (Å²) >= 11 is 0. The lowest BCUT2D eigenvalue weighted by atomic mass is 9.77. The van der Waals surface area contributed by atoms with Crippen LogP contribution in [0.1, 0.15) is 138 Å². The van der Waals surface area contributed by atoms with E-state index in [0.29, 0.717) is 5.92 Å². The molecule has 0 aromatic heterocycles. The van der Waals surface area contributed by atoms with E-state index in [1.54, 1.807) is 0 Å². The monoisotopic (exact) mass is 420 g/mol. The molecule has 0 saturated heterocycles. The van der Waals surface area contributed by atoms with Crippen molar-refractivity contribution >= 4 is 10.1 Å². The van der Waals surface area contributed by atoms with Crippen LogP contribution in [-0.4, -0.2) is 13.0 Å². The minimum absolute atomic E-state index is 0.206. The number of benzene rings is 1. The van der Waals surface area contributed by atoms with Gasteiger partial charge in [-0.05, 0) is 73.0 Å². The molecule has 29 heavy (non-hydrogen) atoms. The molecular weight excluding hydrogens is 380 g/mol. The van der Waals surface area contributed by atoms with Crippen LogP contribution in [0, 0.1) is 0 Å². The van der Waals surface area contributed by atoms with Crippen LogP contribution in [0.4, 0.5) is 0 Å². The van der Waals surface area contributed by atoms with Gasteiger partial charge in [-0.1, -0.05) is 77.3 Å². The maximum Gasteiger partial charge on any atom is 0.295 e. The lowest BCUT2D eigenvalue weighted by molar-refractivity contribution is 0.424. The van der Waals surface area contributed by atoms with Crippen molar-refractivity contribution in [3.8, 4) is 0 Å². The Morgan fingerprint density at radius 3 is 2.03 bits per heavy atom. The summed E-state index contributed by atoms with van der Waals surface area (Å²) in [5.41, 5.74) is 3.18. The molecule has 2 fully saturated rings. The van der Waals surface area contributed by atoms with Gasteiger partial charge in [-0.2, -0.15) is 8.42 Å². The summed E-state index contributed by atoms with van der Waals surface area (Å²) in [5.74, 6) is 1.02. The van der Waals surface area contributed by atoms with Crippen molar-refractivity contribution < 1.29 is 13.0 Å². The average Bonchev–Trinajstić information content (AvgIpc) is 2.74. The summed E-state index contributed by atoms with van der Waals surface area (Å²) in [6, 6.07) is 4.36. The van der Waals surface area contributed by atoms with E-state index in [-0.39, 0.29) is 16.7 Å². The molecule has 0 aliphatic heterocycles. The van der Waals surface area contributed by atoms with Crippen LogP contribution in [0.2, 0.25) is 0 Å². The van der Waals surface area contributed by atoms with Crippen molar-refractivity contribution in [3.05, 3.63) is 28.8 Å². The lowest BCUT2D eigenvalue weighted by Crippen LogP contribution is -2.17. The summed E-state index contributed by atoms with van der Waals surface area (Å²) in [4.78, 5) is 0.270. The van der Waals surface area contributed by atoms with Crippen LogP contribution in [0.15, 0.2) is 17.0 Å². The number of unbranched alkanes of at least 4 members (excludes halogenated alkanes) is 1. The molecule has 1 aromatic carbocycles. The second kappa shape index (κ2) is 10.4. The second-order valence-corrected chi connectivity index (χ2v) is 10.8. The van der Waals surface area contributed by atoms with E-state index < -0.39 is 10.1 Å². The summed E-state index contributed by atoms with van der Waals surface area (Å²) in [7, 11) is -4.24. The number of hydrogen-bond donors (Lipinski definition) is 1. The van der Waals surface area contributed by atoms with Crippen molar-refractivity contribution in [1.29, 1.82) is 0 Å². The number of rotatable bonds is 8. The maximum atomic E-state index is 12.7. The summed E-state index contributed by atoms with van der Waals surface area (Å²) in [5, 5.41) is 0. The molecule has 4 heteroatoms. The van der Waals surface area contributed by atoms with E-state index in [0.717, 1.165) is 62.5 Å². The van der Waals surface area contributed by atoms with Crippen molar-refractivity contribution in [2.45, 2.75) is 126 Å². The van der Waals surface area contributed by atoms with Crippen LogP contribution < -0.4 is 0 Å². The Morgan fingerprint density at radius 2 is 1.52 bits per heavy atom. The van der Waals surface area contributed by atoms with Gasteiger partial charge in [-0.25, -0.2) is 0 Å². The molecule has 1 aromatic rings. The van der Waals surface area contributed by atoms with Crippen molar-refractivity contribution in [1.82, 2.24) is 0 Å². The fourth-order valence-electron chi connectivity index (χ4n) is 5.72. The summed E-state index contributed by atoms with van der Waals surface area (Å²) in [6.45, 7) is 4.34. The van der Waals surface area contributed by atoms with Crippen molar-refractivity contribution in [2.24, 2.45) is 0 Å². The third-order valence-corrected chi connectivity index (χ3v) is 8.37. The van der Waals surface area contributed by atoms with E-state index in [2.05, 4.69) is 26.0 Å². The van der Waals surface area contributed by atoms with E-state index in [9.17, 15) is 13.0 Å². The molecule has 2 saturated carbocycles. The molecule has 0 radical (unpaired) electrons. The highest BCUT2D eigenvalue weighted by Crippen LogP contribution is 2.44. The third-order valence-electron chi connectivity index (χ3n) is 7.39. The van der Waals surface area contributed by atoms with Crippen LogP contribution >= 0.6 is 0 Å². The van der Waals surface area contributed by atoms with E-state index in [4.69, 9.17) is 0 Å². The first kappa shape index (κ1) is 22.8. The molecule has 2 aliphatic rings. The van der Waals surface area contributed by atoms with Crippen molar-refractivity contribution in [3.63, 3.8) is 0 Å². The first-order chi connectivity index (χ1) is 14.0. The van der Waals surface area contributed by atoms with Gasteiger partial charge in [-0.15, -0.1) is 0 Å². The van der Waals surface area contributed by atoms with E-state index in [1.807, 2.05) is 0 Å². The van der Waals surface area contributed by atoms with Crippen LogP contribution in [-0.2, 0) is 10.1 Å². The minimum Gasteiger partial charge on any atom is -0.282 e. The molecule has 0 amide bonds. The molecule has 2 aliphatic carbocycles. The van der Waals surface area contributed by atoms with Crippen LogP contribution in [0.3, 0.4) is 0 Å². The highest BCUT2D eigenvalue weighted by molar-refractivity contribution is 7.86. The van der Waals surface area contributed by atoms with Crippen LogP contribution in [0.5, 0.6) is 0 Å². The van der Waals surface area contributed by atoms with Gasteiger partial charge >= 0.3 is 0 Å². The average molecular weight is 421 g/mol. The Bertz CT molecular complexity index is 757. The van der Waals surface area contributed by atoms with Crippen LogP contribution in [0.25, 0.3) is 0 Å². The predicted molar refractivity (Wildman–Crippen MR) is 120 cm³/mol. The Kier molecular flexibility index (Phi) is 8.21.